The normalized spacial score (nSPS) is 13.6. The molecule has 1 aliphatic rings. The van der Waals surface area contributed by atoms with E-state index in [0.29, 0.717) is 38.5 Å². The van der Waals surface area contributed by atoms with Gasteiger partial charge in [-0.15, -0.1) is 0 Å². The number of hydrogen-bond donors (Lipinski definition) is 0. The van der Waals surface area contributed by atoms with Gasteiger partial charge in [0.15, 0.2) is 6.10 Å². The molecule has 0 bridgehead atoms. The summed E-state index contributed by atoms with van der Waals surface area (Å²) in [7, 11) is 1.64. The van der Waals surface area contributed by atoms with Gasteiger partial charge in [-0.3, -0.25) is 28.8 Å². The van der Waals surface area contributed by atoms with Gasteiger partial charge in [0.1, 0.15) is 30.7 Å². The summed E-state index contributed by atoms with van der Waals surface area (Å²) >= 11 is 0. The molecule has 81 heavy (non-hydrogen) atoms. The minimum Gasteiger partial charge on any atom is -0.497 e. The summed E-state index contributed by atoms with van der Waals surface area (Å²) in [5, 5.41) is 2.21. The smallest absolute Gasteiger partial charge is 0.319 e. The molecule has 0 heterocycles. The number of ketones is 1. The van der Waals surface area contributed by atoms with Gasteiger partial charge in [-0.2, -0.15) is 0 Å². The van der Waals surface area contributed by atoms with Crippen molar-refractivity contribution >= 4 is 46.4 Å². The summed E-state index contributed by atoms with van der Waals surface area (Å²) in [6.45, 7) is 4.70. The maximum atomic E-state index is 13.8. The monoisotopic (exact) mass is 1130 g/mol. The van der Waals surface area contributed by atoms with Gasteiger partial charge in [-0.25, -0.2) is 0 Å². The molecule has 12 heteroatoms. The van der Waals surface area contributed by atoms with Gasteiger partial charge in [0, 0.05) is 12.8 Å². The molecule has 0 saturated heterocycles. The van der Waals surface area contributed by atoms with Crippen molar-refractivity contribution in [3.05, 3.63) is 66.3 Å². The largest absolute Gasteiger partial charge is 0.497 e. The van der Waals surface area contributed by atoms with Crippen molar-refractivity contribution in [2.45, 2.75) is 277 Å². The van der Waals surface area contributed by atoms with Crippen LogP contribution in [0.25, 0.3) is 10.8 Å². The van der Waals surface area contributed by atoms with Crippen molar-refractivity contribution in [1.82, 2.24) is 0 Å². The van der Waals surface area contributed by atoms with E-state index in [4.69, 9.17) is 28.4 Å². The number of fused-ring (bicyclic) bond motifs is 1. The van der Waals surface area contributed by atoms with Gasteiger partial charge < -0.3 is 28.4 Å². The minimum absolute atomic E-state index is 0.0944. The summed E-state index contributed by atoms with van der Waals surface area (Å²) in [5.74, 6) is -3.28. The quantitative estimate of drug-likeness (QED) is 0.0154. The van der Waals surface area contributed by atoms with Crippen molar-refractivity contribution in [3.8, 4) is 5.75 Å². The Morgan fingerprint density at radius 3 is 1.56 bits per heavy atom. The Labute approximate surface area is 489 Å². The van der Waals surface area contributed by atoms with Gasteiger partial charge in [-0.1, -0.05) is 191 Å². The summed E-state index contributed by atoms with van der Waals surface area (Å²) in [5.41, 5.74) is 0.392. The fourth-order valence-electron chi connectivity index (χ4n) is 11.0. The Balaban J connectivity index is 1.45. The second kappa shape index (κ2) is 45.5. The number of carbonyl (C=O) groups is 6. The van der Waals surface area contributed by atoms with Crippen molar-refractivity contribution in [2.24, 2.45) is 11.3 Å². The van der Waals surface area contributed by atoms with Crippen LogP contribution in [0.4, 0.5) is 0 Å². The zero-order valence-electron chi connectivity index (χ0n) is 51.0. The summed E-state index contributed by atoms with van der Waals surface area (Å²) in [6.07, 6.45) is 44.7. The highest BCUT2D eigenvalue weighted by Crippen LogP contribution is 2.43. The third kappa shape index (κ3) is 33.6. The van der Waals surface area contributed by atoms with E-state index in [0.717, 1.165) is 131 Å². The van der Waals surface area contributed by atoms with Crippen LogP contribution < -0.4 is 4.74 Å². The van der Waals surface area contributed by atoms with Gasteiger partial charge in [0.2, 0.25) is 6.79 Å². The molecule has 2 aromatic rings. The highest BCUT2D eigenvalue weighted by Gasteiger charge is 2.38. The number of rotatable bonds is 49. The Bertz CT molecular complexity index is 2050. The van der Waals surface area contributed by atoms with E-state index in [9.17, 15) is 28.8 Å². The van der Waals surface area contributed by atoms with Crippen LogP contribution in [0, 0.1) is 11.3 Å². The lowest BCUT2D eigenvalue weighted by Gasteiger charge is -2.36. The third-order valence-corrected chi connectivity index (χ3v) is 16.0. The second-order valence-corrected chi connectivity index (χ2v) is 23.1. The fraction of sp³-hybridized carbons (Fsp3) is 0.710. The van der Waals surface area contributed by atoms with E-state index in [-0.39, 0.29) is 44.7 Å². The number of aryl methyl sites for hydroxylation is 1. The fourth-order valence-corrected chi connectivity index (χ4v) is 11.0. The Morgan fingerprint density at radius 2 is 1.04 bits per heavy atom. The first kappa shape index (κ1) is 70.3. The van der Waals surface area contributed by atoms with Crippen molar-refractivity contribution in [2.75, 3.05) is 27.1 Å². The standard InChI is InChI=1S/C69H108O12/c1-5-7-9-11-13-15-17-19-21-23-25-27-29-31-34-45-64(71)77-54-61(55-78-65(72)46-35-32-30-28-26-24-22-20-18-16-14-12-10-8-6-2)81-67(74)53-69(49-38-33-39-50-69)52-66(73)79-56-80-68(75)62(57(3)70)44-37-36-41-58-42-40-43-59-47-48-60(76-4)51-63(58)59/h19-22,40,42-43,47-48,51,61-62H,5-18,23-39,41,44-46,49-50,52-56H2,1-4H3/b21-19-,22-20-. The van der Waals surface area contributed by atoms with E-state index in [1.54, 1.807) is 7.11 Å². The molecular formula is C69H108O12. The Hall–Kier alpha value is -5.00. The lowest BCUT2D eigenvalue weighted by Crippen LogP contribution is -2.35. The molecular weight excluding hydrogens is 1020 g/mol. The highest BCUT2D eigenvalue weighted by atomic mass is 16.7. The average molecular weight is 1130 g/mol. The number of hydrogen-bond acceptors (Lipinski definition) is 12. The second-order valence-electron chi connectivity index (χ2n) is 23.1. The van der Waals surface area contributed by atoms with Crippen LogP contribution in [0.5, 0.6) is 5.75 Å². The zero-order valence-corrected chi connectivity index (χ0v) is 51.0. The number of esters is 5. The number of Topliss-reactive ketones (excluding diaryl/α,β-unsaturated/α-hetero) is 1. The summed E-state index contributed by atoms with van der Waals surface area (Å²) in [4.78, 5) is 78.8. The first-order valence-electron chi connectivity index (χ1n) is 32.2. The summed E-state index contributed by atoms with van der Waals surface area (Å²) in [6, 6.07) is 12.1. The molecule has 1 fully saturated rings. The van der Waals surface area contributed by atoms with E-state index in [1.807, 2.05) is 24.3 Å². The van der Waals surface area contributed by atoms with Gasteiger partial charge in [0.05, 0.1) is 20.0 Å². The molecule has 1 unspecified atom stereocenters. The van der Waals surface area contributed by atoms with Gasteiger partial charge >= 0.3 is 29.8 Å². The zero-order chi connectivity index (χ0) is 58.4. The van der Waals surface area contributed by atoms with Crippen LogP contribution in [0.3, 0.4) is 0 Å². The van der Waals surface area contributed by atoms with Crippen molar-refractivity contribution in [1.29, 1.82) is 0 Å². The average Bonchev–Trinajstić information content (AvgIpc) is 3.49. The lowest BCUT2D eigenvalue weighted by atomic mass is 9.69. The van der Waals surface area contributed by atoms with E-state index < -0.39 is 54.1 Å². The number of allylic oxidation sites excluding steroid dienone is 4. The van der Waals surface area contributed by atoms with Gasteiger partial charge in [0.25, 0.3) is 0 Å². The first-order chi connectivity index (χ1) is 39.5. The number of ether oxygens (including phenoxy) is 6. The van der Waals surface area contributed by atoms with Crippen LogP contribution in [-0.2, 0) is 58.9 Å². The van der Waals surface area contributed by atoms with Crippen LogP contribution in [0.15, 0.2) is 60.7 Å². The van der Waals surface area contributed by atoms with Gasteiger partial charge in [-0.05, 0) is 137 Å². The molecule has 0 radical (unpaired) electrons. The predicted octanol–water partition coefficient (Wildman–Crippen LogP) is 17.6. The molecule has 0 spiro atoms. The number of carbonyl (C=O) groups excluding carboxylic acids is 6. The molecule has 0 aliphatic heterocycles. The molecule has 0 aromatic heterocycles. The molecule has 1 aliphatic carbocycles. The molecule has 0 N–H and O–H groups in total. The topological polar surface area (TPSA) is 158 Å². The van der Waals surface area contributed by atoms with Crippen LogP contribution in [0.2, 0.25) is 0 Å². The maximum absolute atomic E-state index is 13.8. The number of methoxy groups -OCH3 is 1. The highest BCUT2D eigenvalue weighted by molar-refractivity contribution is 5.97. The molecule has 1 saturated carbocycles. The van der Waals surface area contributed by atoms with Crippen molar-refractivity contribution in [3.63, 3.8) is 0 Å². The number of benzene rings is 2. The van der Waals surface area contributed by atoms with Crippen molar-refractivity contribution < 1.29 is 57.2 Å². The first-order valence-corrected chi connectivity index (χ1v) is 32.2. The predicted molar refractivity (Wildman–Crippen MR) is 325 cm³/mol. The SMILES string of the molecule is CCCCCCCC/C=C\CCCCCCCC(=O)OCC(COC(=O)CCCCCCC/C=C\CCCCCCCC)OC(=O)CC1(CC(=O)OCOC(=O)C(CCCCc2cccc3ccc(OC)cc23)C(C)=O)CCCCC1. The maximum Gasteiger partial charge on any atom is 0.319 e. The number of unbranched alkanes of at least 4 members (excludes halogenated alkanes) is 23. The molecule has 12 nitrogen and oxygen atoms in total. The van der Waals surface area contributed by atoms with Crippen LogP contribution in [0.1, 0.15) is 270 Å². The Morgan fingerprint density at radius 1 is 0.531 bits per heavy atom. The van der Waals surface area contributed by atoms with Crippen LogP contribution in [-0.4, -0.2) is 68.9 Å². The summed E-state index contributed by atoms with van der Waals surface area (Å²) < 4.78 is 33.3. The molecule has 2 aromatic carbocycles. The van der Waals surface area contributed by atoms with E-state index >= 15 is 0 Å². The van der Waals surface area contributed by atoms with E-state index in [2.05, 4.69) is 50.3 Å². The third-order valence-electron chi connectivity index (χ3n) is 16.0. The minimum atomic E-state index is -1.02. The van der Waals surface area contributed by atoms with Crippen LogP contribution >= 0.6 is 0 Å². The molecule has 1 atom stereocenters. The Kier molecular flexibility index (Phi) is 39.5. The van der Waals surface area contributed by atoms with E-state index in [1.165, 1.54) is 84.0 Å². The molecule has 3 rings (SSSR count). The lowest BCUT2D eigenvalue weighted by molar-refractivity contribution is -0.174. The molecule has 456 valence electrons. The molecule has 0 amide bonds.